The molecule has 1 aromatic rings. The van der Waals surface area contributed by atoms with Crippen LogP contribution in [0, 0.1) is 0 Å². The highest BCUT2D eigenvalue weighted by atomic mass is 16.5. The van der Waals surface area contributed by atoms with E-state index >= 15 is 0 Å². The zero-order chi connectivity index (χ0) is 12.4. The Hall–Kier alpha value is -2.24. The Morgan fingerprint density at radius 2 is 2.24 bits per heavy atom. The van der Waals surface area contributed by atoms with Gasteiger partial charge in [-0.15, -0.1) is 0 Å². The van der Waals surface area contributed by atoms with E-state index in [9.17, 15) is 14.7 Å². The standard InChI is InChI=1S/C11H11NO5/c13-9-2-1-6(5-7(9)10(14)15)8-3-4-17-11(16)12-8/h1-2,5,8,13H,3-4H2,(H,12,16)(H,14,15)/t8-/m1/s1. The molecule has 90 valence electrons. The molecule has 6 heteroatoms. The minimum Gasteiger partial charge on any atom is -0.507 e. The number of cyclic esters (lactones) is 1. The number of amides is 1. The summed E-state index contributed by atoms with van der Waals surface area (Å²) in [5, 5.41) is 20.8. The lowest BCUT2D eigenvalue weighted by Gasteiger charge is -2.23. The van der Waals surface area contributed by atoms with Crippen molar-refractivity contribution in [3.8, 4) is 5.75 Å². The molecule has 17 heavy (non-hydrogen) atoms. The number of benzene rings is 1. The van der Waals surface area contributed by atoms with E-state index in [4.69, 9.17) is 9.84 Å². The van der Waals surface area contributed by atoms with Gasteiger partial charge in [-0.2, -0.15) is 0 Å². The van der Waals surface area contributed by atoms with Crippen LogP contribution in [0.2, 0.25) is 0 Å². The highest BCUT2D eigenvalue weighted by molar-refractivity contribution is 5.91. The second kappa shape index (κ2) is 4.32. The summed E-state index contributed by atoms with van der Waals surface area (Å²) in [4.78, 5) is 21.9. The third-order valence-corrected chi connectivity index (χ3v) is 2.59. The van der Waals surface area contributed by atoms with Crippen molar-refractivity contribution in [2.75, 3.05) is 6.61 Å². The molecule has 0 bridgehead atoms. The van der Waals surface area contributed by atoms with Crippen molar-refractivity contribution in [2.45, 2.75) is 12.5 Å². The van der Waals surface area contributed by atoms with Gasteiger partial charge in [-0.05, 0) is 17.7 Å². The molecule has 0 unspecified atom stereocenters. The number of hydrogen-bond donors (Lipinski definition) is 3. The Morgan fingerprint density at radius 1 is 1.47 bits per heavy atom. The van der Waals surface area contributed by atoms with Crippen molar-refractivity contribution >= 4 is 12.1 Å². The van der Waals surface area contributed by atoms with E-state index in [0.29, 0.717) is 18.6 Å². The summed E-state index contributed by atoms with van der Waals surface area (Å²) in [6, 6.07) is 3.96. The van der Waals surface area contributed by atoms with Crippen LogP contribution in [0.1, 0.15) is 28.4 Å². The predicted octanol–water partition coefficient (Wildman–Crippen LogP) is 1.26. The summed E-state index contributed by atoms with van der Waals surface area (Å²) in [7, 11) is 0. The highest BCUT2D eigenvalue weighted by Gasteiger charge is 2.22. The minimum absolute atomic E-state index is 0.178. The summed E-state index contributed by atoms with van der Waals surface area (Å²) in [5.74, 6) is -1.50. The zero-order valence-electron chi connectivity index (χ0n) is 8.84. The van der Waals surface area contributed by atoms with Crippen LogP contribution in [-0.4, -0.2) is 28.9 Å². The molecule has 1 fully saturated rings. The lowest BCUT2D eigenvalue weighted by Crippen LogP contribution is -2.35. The summed E-state index contributed by atoms with van der Waals surface area (Å²) in [6.45, 7) is 0.291. The number of rotatable bonds is 2. The second-order valence-corrected chi connectivity index (χ2v) is 3.70. The molecule has 2 rings (SSSR count). The maximum absolute atomic E-state index is 11.0. The Balaban J connectivity index is 2.29. The normalized spacial score (nSPS) is 19.3. The summed E-state index contributed by atoms with van der Waals surface area (Å²) < 4.78 is 4.72. The molecule has 0 aromatic heterocycles. The Labute approximate surface area is 96.8 Å². The van der Waals surface area contributed by atoms with Gasteiger partial charge in [0.15, 0.2) is 0 Å². The molecule has 1 heterocycles. The highest BCUT2D eigenvalue weighted by Crippen LogP contribution is 2.25. The first-order chi connectivity index (χ1) is 8.08. The average Bonchev–Trinajstić information content (AvgIpc) is 2.29. The fourth-order valence-corrected chi connectivity index (χ4v) is 1.72. The number of carboxylic acids is 1. The van der Waals surface area contributed by atoms with Gasteiger partial charge in [0.1, 0.15) is 11.3 Å². The molecule has 1 aromatic carbocycles. The quantitative estimate of drug-likeness (QED) is 0.719. The minimum atomic E-state index is -1.21. The number of carbonyl (C=O) groups is 2. The van der Waals surface area contributed by atoms with Crippen LogP contribution in [0.4, 0.5) is 4.79 Å². The third-order valence-electron chi connectivity index (χ3n) is 2.59. The molecule has 1 saturated heterocycles. The number of hydrogen-bond acceptors (Lipinski definition) is 4. The fraction of sp³-hybridized carbons (Fsp3) is 0.273. The summed E-state index contributed by atoms with van der Waals surface area (Å²) in [6.07, 6.45) is 0.0430. The van der Waals surface area contributed by atoms with Crippen molar-refractivity contribution in [1.29, 1.82) is 0 Å². The Bertz CT molecular complexity index is 471. The fourth-order valence-electron chi connectivity index (χ4n) is 1.72. The molecular formula is C11H11NO5. The van der Waals surface area contributed by atoms with Gasteiger partial charge >= 0.3 is 12.1 Å². The first-order valence-corrected chi connectivity index (χ1v) is 5.07. The monoisotopic (exact) mass is 237 g/mol. The first kappa shape index (κ1) is 11.3. The molecule has 6 nitrogen and oxygen atoms in total. The van der Waals surface area contributed by atoms with Gasteiger partial charge in [-0.25, -0.2) is 9.59 Å². The van der Waals surface area contributed by atoms with Gasteiger partial charge in [-0.1, -0.05) is 6.07 Å². The van der Waals surface area contributed by atoms with Crippen LogP contribution < -0.4 is 5.32 Å². The zero-order valence-corrected chi connectivity index (χ0v) is 8.84. The molecule has 1 amide bonds. The molecule has 1 aliphatic rings. The van der Waals surface area contributed by atoms with Gasteiger partial charge in [-0.3, -0.25) is 0 Å². The second-order valence-electron chi connectivity index (χ2n) is 3.70. The smallest absolute Gasteiger partial charge is 0.407 e. The first-order valence-electron chi connectivity index (χ1n) is 5.07. The number of ether oxygens (including phenoxy) is 1. The van der Waals surface area contributed by atoms with E-state index < -0.39 is 12.1 Å². The molecular weight excluding hydrogens is 226 g/mol. The van der Waals surface area contributed by atoms with Gasteiger partial charge in [0.25, 0.3) is 0 Å². The number of nitrogens with one attached hydrogen (secondary N) is 1. The van der Waals surface area contributed by atoms with Crippen molar-refractivity contribution in [2.24, 2.45) is 0 Å². The van der Waals surface area contributed by atoms with Gasteiger partial charge < -0.3 is 20.3 Å². The van der Waals surface area contributed by atoms with E-state index in [1.807, 2.05) is 0 Å². The van der Waals surface area contributed by atoms with Crippen LogP contribution in [0.5, 0.6) is 5.75 Å². The van der Waals surface area contributed by atoms with Gasteiger partial charge in [0.2, 0.25) is 0 Å². The number of aromatic carboxylic acids is 1. The Morgan fingerprint density at radius 3 is 2.88 bits per heavy atom. The molecule has 1 atom stereocenters. The molecule has 3 N–H and O–H groups in total. The lowest BCUT2D eigenvalue weighted by atomic mass is 10.0. The summed E-state index contributed by atoms with van der Waals surface area (Å²) >= 11 is 0. The van der Waals surface area contributed by atoms with E-state index in [1.54, 1.807) is 6.07 Å². The SMILES string of the molecule is O=C1N[C@@H](c2ccc(O)c(C(=O)O)c2)CCO1. The van der Waals surface area contributed by atoms with Crippen LogP contribution in [0.3, 0.4) is 0 Å². The van der Waals surface area contributed by atoms with Crippen LogP contribution in [0.15, 0.2) is 18.2 Å². The molecule has 0 spiro atoms. The number of carboxylic acid groups (broad SMARTS) is 1. The molecule has 0 saturated carbocycles. The Kier molecular flexibility index (Phi) is 2.86. The van der Waals surface area contributed by atoms with Crippen LogP contribution >= 0.6 is 0 Å². The van der Waals surface area contributed by atoms with E-state index in [-0.39, 0.29) is 17.4 Å². The number of alkyl carbamates (subject to hydrolysis) is 1. The van der Waals surface area contributed by atoms with E-state index in [2.05, 4.69) is 5.32 Å². The van der Waals surface area contributed by atoms with Crippen molar-refractivity contribution in [3.63, 3.8) is 0 Å². The largest absolute Gasteiger partial charge is 0.507 e. The third kappa shape index (κ3) is 2.30. The summed E-state index contributed by atoms with van der Waals surface area (Å²) in [5.41, 5.74) is 0.458. The lowest BCUT2D eigenvalue weighted by molar-refractivity contribution is 0.0693. The molecule has 0 aliphatic carbocycles. The van der Waals surface area contributed by atoms with Crippen LogP contribution in [0.25, 0.3) is 0 Å². The number of carbonyl (C=O) groups excluding carboxylic acids is 1. The van der Waals surface area contributed by atoms with Gasteiger partial charge in [0, 0.05) is 6.42 Å². The number of aromatic hydroxyl groups is 1. The van der Waals surface area contributed by atoms with Crippen molar-refractivity contribution in [3.05, 3.63) is 29.3 Å². The maximum Gasteiger partial charge on any atom is 0.407 e. The molecule has 0 radical (unpaired) electrons. The maximum atomic E-state index is 11.0. The topological polar surface area (TPSA) is 95.9 Å². The van der Waals surface area contributed by atoms with Crippen molar-refractivity contribution < 1.29 is 24.5 Å². The van der Waals surface area contributed by atoms with E-state index in [0.717, 1.165) is 0 Å². The van der Waals surface area contributed by atoms with Gasteiger partial charge in [0.05, 0.1) is 12.6 Å². The predicted molar refractivity (Wildman–Crippen MR) is 56.9 cm³/mol. The van der Waals surface area contributed by atoms with E-state index in [1.165, 1.54) is 12.1 Å². The average molecular weight is 237 g/mol. The number of phenols is 1. The van der Waals surface area contributed by atoms with Crippen LogP contribution in [-0.2, 0) is 4.74 Å². The molecule has 1 aliphatic heterocycles. The van der Waals surface area contributed by atoms with Crippen molar-refractivity contribution in [1.82, 2.24) is 5.32 Å².